The topological polar surface area (TPSA) is 51.0 Å². The van der Waals surface area contributed by atoms with Crippen LogP contribution in [0.3, 0.4) is 0 Å². The molecule has 0 aromatic heterocycles. The predicted octanol–water partition coefficient (Wildman–Crippen LogP) is -2.97. The molecule has 0 spiro atoms. The molecule has 13 heavy (non-hydrogen) atoms. The molecule has 0 aromatic rings. The van der Waals surface area contributed by atoms with Crippen LogP contribution in [0.25, 0.3) is 0 Å². The molecule has 0 saturated heterocycles. The number of hydrogen-bond acceptors (Lipinski definition) is 4. The van der Waals surface area contributed by atoms with Gasteiger partial charge in [0.25, 0.3) is 6.17 Å². The van der Waals surface area contributed by atoms with E-state index in [0.29, 0.717) is 6.61 Å². The standard InChI is InChI=1S/C7H14N3O2.BrH/c1-10(2,3)4-5-12-7(11)6-8-9-6;/h6H,4-5H2,1-3H3;1H/q+1;/p-1. The van der Waals surface area contributed by atoms with Crippen LogP contribution in [0.2, 0.25) is 0 Å². The Morgan fingerprint density at radius 3 is 2.31 bits per heavy atom. The van der Waals surface area contributed by atoms with Gasteiger partial charge in [0.1, 0.15) is 13.2 Å². The van der Waals surface area contributed by atoms with Gasteiger partial charge in [0.05, 0.1) is 21.1 Å². The molecule has 0 N–H and O–H groups in total. The molecule has 1 rings (SSSR count). The summed E-state index contributed by atoms with van der Waals surface area (Å²) in [6, 6.07) is 0. The maximum absolute atomic E-state index is 10.9. The van der Waals surface area contributed by atoms with Crippen LogP contribution in [0.15, 0.2) is 10.2 Å². The lowest BCUT2D eigenvalue weighted by Crippen LogP contribution is -3.00. The van der Waals surface area contributed by atoms with Crippen molar-refractivity contribution in [2.24, 2.45) is 10.2 Å². The summed E-state index contributed by atoms with van der Waals surface area (Å²) in [6.07, 6.45) is -0.516. The molecule has 0 amide bonds. The number of carbonyl (C=O) groups is 1. The van der Waals surface area contributed by atoms with Crippen LogP contribution < -0.4 is 17.0 Å². The number of likely N-dealkylation sites (N-methyl/N-ethyl adjacent to an activating group) is 1. The smallest absolute Gasteiger partial charge is 0.357 e. The van der Waals surface area contributed by atoms with E-state index in [9.17, 15) is 4.79 Å². The first-order valence-electron chi connectivity index (χ1n) is 3.86. The number of halogens is 1. The zero-order valence-corrected chi connectivity index (χ0v) is 9.61. The van der Waals surface area contributed by atoms with Crippen LogP contribution in [0.4, 0.5) is 0 Å². The monoisotopic (exact) mass is 251 g/mol. The van der Waals surface area contributed by atoms with E-state index >= 15 is 0 Å². The quantitative estimate of drug-likeness (QED) is 0.396. The molecule has 0 unspecified atom stereocenters. The molecular weight excluding hydrogens is 238 g/mol. The van der Waals surface area contributed by atoms with E-state index in [-0.39, 0.29) is 23.0 Å². The highest BCUT2D eigenvalue weighted by Crippen LogP contribution is 2.11. The fraction of sp³-hybridized carbons (Fsp3) is 0.857. The van der Waals surface area contributed by atoms with Crippen molar-refractivity contribution in [3.05, 3.63) is 0 Å². The second-order valence-electron chi connectivity index (χ2n) is 3.79. The summed E-state index contributed by atoms with van der Waals surface area (Å²) in [4.78, 5) is 10.9. The van der Waals surface area contributed by atoms with Crippen molar-refractivity contribution in [2.45, 2.75) is 6.17 Å². The second-order valence-corrected chi connectivity index (χ2v) is 3.79. The van der Waals surface area contributed by atoms with Gasteiger partial charge in [-0.1, -0.05) is 0 Å². The van der Waals surface area contributed by atoms with E-state index in [2.05, 4.69) is 10.2 Å². The van der Waals surface area contributed by atoms with Gasteiger partial charge in [-0.2, -0.15) is 0 Å². The van der Waals surface area contributed by atoms with Crippen molar-refractivity contribution in [3.8, 4) is 0 Å². The van der Waals surface area contributed by atoms with E-state index in [1.165, 1.54) is 0 Å². The summed E-state index contributed by atoms with van der Waals surface area (Å²) < 4.78 is 5.68. The number of esters is 1. The normalized spacial score (nSPS) is 15.0. The van der Waals surface area contributed by atoms with Crippen LogP contribution in [0.1, 0.15) is 0 Å². The number of carbonyl (C=O) groups excluding carboxylic acids is 1. The predicted molar refractivity (Wildman–Crippen MR) is 42.5 cm³/mol. The highest BCUT2D eigenvalue weighted by Gasteiger charge is 2.27. The molecule has 0 atom stereocenters. The molecule has 0 fully saturated rings. The highest BCUT2D eigenvalue weighted by molar-refractivity contribution is 5.77. The second kappa shape index (κ2) is 4.66. The molecule has 0 saturated carbocycles. The van der Waals surface area contributed by atoms with Gasteiger partial charge in [0, 0.05) is 0 Å². The zero-order chi connectivity index (χ0) is 9.19. The van der Waals surface area contributed by atoms with Gasteiger partial charge in [-0.05, 0) is 0 Å². The number of hydrogen-bond donors (Lipinski definition) is 0. The third kappa shape index (κ3) is 5.70. The zero-order valence-electron chi connectivity index (χ0n) is 8.03. The fourth-order valence-corrected chi connectivity index (χ4v) is 0.622. The third-order valence-corrected chi connectivity index (χ3v) is 1.45. The minimum Gasteiger partial charge on any atom is -1.00 e. The number of quaternary nitrogens is 1. The average molecular weight is 252 g/mol. The van der Waals surface area contributed by atoms with Crippen molar-refractivity contribution in [3.63, 3.8) is 0 Å². The van der Waals surface area contributed by atoms with Crippen LogP contribution >= 0.6 is 0 Å². The van der Waals surface area contributed by atoms with Crippen molar-refractivity contribution in [1.29, 1.82) is 0 Å². The average Bonchev–Trinajstić information content (AvgIpc) is 2.64. The summed E-state index contributed by atoms with van der Waals surface area (Å²) >= 11 is 0. The van der Waals surface area contributed by atoms with Crippen LogP contribution in [0.5, 0.6) is 0 Å². The molecule has 0 aliphatic carbocycles. The Kier molecular flexibility index (Phi) is 4.49. The summed E-state index contributed by atoms with van der Waals surface area (Å²) in [6.45, 7) is 1.24. The van der Waals surface area contributed by atoms with Crippen molar-refractivity contribution in [1.82, 2.24) is 0 Å². The maximum Gasteiger partial charge on any atom is 0.357 e. The number of nitrogens with zero attached hydrogens (tertiary/aromatic N) is 3. The van der Waals surface area contributed by atoms with Crippen molar-refractivity contribution < 1.29 is 31.0 Å². The van der Waals surface area contributed by atoms with Gasteiger partial charge in [-0.15, -0.1) is 10.2 Å². The maximum atomic E-state index is 10.9. The van der Waals surface area contributed by atoms with Gasteiger partial charge in [0.15, 0.2) is 0 Å². The van der Waals surface area contributed by atoms with Crippen LogP contribution in [0, 0.1) is 0 Å². The Balaban J connectivity index is 0.00000144. The first-order valence-corrected chi connectivity index (χ1v) is 3.86. The Bertz CT molecular complexity index is 206. The number of ether oxygens (including phenoxy) is 1. The fourth-order valence-electron chi connectivity index (χ4n) is 0.622. The Hall–Kier alpha value is -0.490. The molecule has 0 bridgehead atoms. The summed E-state index contributed by atoms with van der Waals surface area (Å²) in [5, 5.41) is 6.93. The molecule has 1 aliphatic rings. The highest BCUT2D eigenvalue weighted by atomic mass is 79.9. The van der Waals surface area contributed by atoms with Crippen LogP contribution in [-0.4, -0.2) is 50.9 Å². The van der Waals surface area contributed by atoms with Gasteiger partial charge in [0.2, 0.25) is 0 Å². The van der Waals surface area contributed by atoms with E-state index < -0.39 is 6.17 Å². The minimum absolute atomic E-state index is 0. The molecule has 76 valence electrons. The Labute approximate surface area is 88.1 Å². The minimum atomic E-state index is -0.516. The first kappa shape index (κ1) is 12.5. The van der Waals surface area contributed by atoms with Crippen molar-refractivity contribution >= 4 is 5.97 Å². The van der Waals surface area contributed by atoms with Gasteiger partial charge >= 0.3 is 5.97 Å². The molecule has 1 aliphatic heterocycles. The Morgan fingerprint density at radius 1 is 1.38 bits per heavy atom. The van der Waals surface area contributed by atoms with Gasteiger partial charge in [-0.3, -0.25) is 0 Å². The molecular formula is C7H14BrN3O2. The van der Waals surface area contributed by atoms with Gasteiger partial charge in [-0.25, -0.2) is 4.79 Å². The van der Waals surface area contributed by atoms with E-state index in [1.807, 2.05) is 21.1 Å². The SMILES string of the molecule is C[N+](C)(C)CCOC(=O)C1N=N1.[Br-]. The van der Waals surface area contributed by atoms with E-state index in [1.54, 1.807) is 0 Å². The summed E-state index contributed by atoms with van der Waals surface area (Å²) in [5.41, 5.74) is 0. The molecule has 5 nitrogen and oxygen atoms in total. The molecule has 6 heteroatoms. The largest absolute Gasteiger partial charge is 1.00 e. The molecule has 0 aromatic carbocycles. The molecule has 0 radical (unpaired) electrons. The van der Waals surface area contributed by atoms with E-state index in [0.717, 1.165) is 11.0 Å². The first-order chi connectivity index (χ1) is 5.49. The van der Waals surface area contributed by atoms with Gasteiger partial charge < -0.3 is 26.2 Å². The van der Waals surface area contributed by atoms with E-state index in [4.69, 9.17) is 4.74 Å². The lowest BCUT2D eigenvalue weighted by atomic mass is 10.5. The molecule has 1 heterocycles. The van der Waals surface area contributed by atoms with Crippen molar-refractivity contribution in [2.75, 3.05) is 34.3 Å². The lowest BCUT2D eigenvalue weighted by Gasteiger charge is -2.23. The summed E-state index contributed by atoms with van der Waals surface area (Å²) in [7, 11) is 6.12. The lowest BCUT2D eigenvalue weighted by molar-refractivity contribution is -0.870. The van der Waals surface area contributed by atoms with Crippen LogP contribution in [-0.2, 0) is 9.53 Å². The number of rotatable bonds is 4. The Morgan fingerprint density at radius 2 is 1.92 bits per heavy atom. The summed E-state index contributed by atoms with van der Waals surface area (Å²) in [5.74, 6) is -0.330. The third-order valence-electron chi connectivity index (χ3n) is 1.45.